The van der Waals surface area contributed by atoms with Crippen LogP contribution in [0, 0.1) is 0 Å². The summed E-state index contributed by atoms with van der Waals surface area (Å²) in [5.41, 5.74) is 2.84. The van der Waals surface area contributed by atoms with Gasteiger partial charge in [0.1, 0.15) is 12.2 Å². The number of carbonyl (C=O) groups is 1. The molecule has 0 aliphatic carbocycles. The maximum atomic E-state index is 13.7. The number of nitrogens with zero attached hydrogens (tertiary/aromatic N) is 4. The average molecular weight is 500 g/mol. The van der Waals surface area contributed by atoms with Crippen molar-refractivity contribution in [1.29, 1.82) is 0 Å². The summed E-state index contributed by atoms with van der Waals surface area (Å²) >= 11 is 12.5. The van der Waals surface area contributed by atoms with Gasteiger partial charge in [0.15, 0.2) is 0 Å². The van der Waals surface area contributed by atoms with Gasteiger partial charge in [-0.25, -0.2) is 4.98 Å². The van der Waals surface area contributed by atoms with Crippen LogP contribution in [0.25, 0.3) is 33.2 Å². The second kappa shape index (κ2) is 10.2. The molecule has 2 aromatic heterocycles. The van der Waals surface area contributed by atoms with Crippen LogP contribution in [0.4, 0.5) is 0 Å². The van der Waals surface area contributed by atoms with Gasteiger partial charge in [-0.2, -0.15) is 0 Å². The first-order chi connectivity index (χ1) is 16.4. The summed E-state index contributed by atoms with van der Waals surface area (Å²) < 4.78 is 3.56. The molecule has 9 heteroatoms. The Morgan fingerprint density at radius 3 is 2.50 bits per heavy atom. The van der Waals surface area contributed by atoms with E-state index in [-0.39, 0.29) is 18.0 Å². The summed E-state index contributed by atoms with van der Waals surface area (Å²) in [6, 6.07) is 11.1. The van der Waals surface area contributed by atoms with E-state index in [1.54, 1.807) is 21.6 Å². The standard InChI is InChI=1S/C25H27Cl2N5O2/c1-4-30(5-2)23(33)15-31-14-17(16-8-6-7-9-21(16)31)24-25(34)32(11-10-28-3)22-13-19(27)18(26)12-20(22)29-24/h6-9,12-14,28H,4-5,10-11,15H2,1-3H3. The molecule has 0 aliphatic heterocycles. The Kier molecular flexibility index (Phi) is 7.26. The van der Waals surface area contributed by atoms with E-state index in [4.69, 9.17) is 28.2 Å². The quantitative estimate of drug-likeness (QED) is 0.389. The Morgan fingerprint density at radius 1 is 1.09 bits per heavy atom. The molecular weight excluding hydrogens is 473 g/mol. The molecule has 0 radical (unpaired) electrons. The van der Waals surface area contributed by atoms with Crippen LogP contribution in [0.5, 0.6) is 0 Å². The average Bonchev–Trinajstić information content (AvgIpc) is 3.18. The van der Waals surface area contributed by atoms with E-state index in [0.29, 0.717) is 58.5 Å². The van der Waals surface area contributed by atoms with Crippen LogP contribution >= 0.6 is 23.2 Å². The number of amides is 1. The van der Waals surface area contributed by atoms with Gasteiger partial charge in [0.25, 0.3) is 5.56 Å². The number of nitrogens with one attached hydrogen (secondary N) is 1. The summed E-state index contributed by atoms with van der Waals surface area (Å²) in [5.74, 6) is 0.0247. The molecule has 1 amide bonds. The Balaban J connectivity index is 1.94. The third-order valence-electron chi connectivity index (χ3n) is 6.04. The number of aromatic nitrogens is 3. The topological polar surface area (TPSA) is 72.2 Å². The van der Waals surface area contributed by atoms with E-state index in [1.165, 1.54) is 0 Å². The van der Waals surface area contributed by atoms with E-state index in [0.717, 1.165) is 10.9 Å². The Bertz CT molecular complexity index is 1420. The molecule has 0 saturated heterocycles. The Hall–Kier alpha value is -2.87. The lowest BCUT2D eigenvalue weighted by molar-refractivity contribution is -0.131. The van der Waals surface area contributed by atoms with Gasteiger partial charge in [0.05, 0.1) is 21.1 Å². The van der Waals surface area contributed by atoms with Crippen molar-refractivity contribution >= 4 is 51.0 Å². The first kappa shape index (κ1) is 24.3. The normalized spacial score (nSPS) is 11.4. The maximum Gasteiger partial charge on any atom is 0.277 e. The number of hydrogen-bond acceptors (Lipinski definition) is 4. The van der Waals surface area contributed by atoms with Gasteiger partial charge in [-0.1, -0.05) is 41.4 Å². The lowest BCUT2D eigenvalue weighted by atomic mass is 10.1. The summed E-state index contributed by atoms with van der Waals surface area (Å²) in [5, 5.41) is 4.69. The minimum absolute atomic E-state index is 0.0247. The molecule has 0 bridgehead atoms. The van der Waals surface area contributed by atoms with Crippen molar-refractivity contribution in [2.24, 2.45) is 0 Å². The highest BCUT2D eigenvalue weighted by Crippen LogP contribution is 2.31. The van der Waals surface area contributed by atoms with Crippen molar-refractivity contribution in [3.8, 4) is 11.3 Å². The minimum atomic E-state index is -0.223. The Labute approximate surface area is 207 Å². The number of carbonyl (C=O) groups excluding carboxylic acids is 1. The zero-order valence-corrected chi connectivity index (χ0v) is 21.0. The molecule has 1 N–H and O–H groups in total. The van der Waals surface area contributed by atoms with Crippen LogP contribution in [-0.4, -0.2) is 51.6 Å². The molecule has 2 aromatic carbocycles. The van der Waals surface area contributed by atoms with Crippen molar-refractivity contribution in [3.05, 3.63) is 63.0 Å². The molecule has 0 fully saturated rings. The Morgan fingerprint density at radius 2 is 1.79 bits per heavy atom. The molecule has 0 atom stereocenters. The van der Waals surface area contributed by atoms with Gasteiger partial charge >= 0.3 is 0 Å². The zero-order valence-electron chi connectivity index (χ0n) is 19.4. The van der Waals surface area contributed by atoms with Crippen LogP contribution in [0.1, 0.15) is 13.8 Å². The van der Waals surface area contributed by atoms with Gasteiger partial charge in [-0.05, 0) is 39.1 Å². The van der Waals surface area contributed by atoms with E-state index in [2.05, 4.69) is 5.32 Å². The van der Waals surface area contributed by atoms with E-state index in [1.807, 2.05) is 55.9 Å². The predicted molar refractivity (Wildman–Crippen MR) is 139 cm³/mol. The SMILES string of the molecule is CCN(CC)C(=O)Cn1cc(-c2nc3cc(Cl)c(Cl)cc3n(CCNC)c2=O)c2ccccc21. The minimum Gasteiger partial charge on any atom is -0.342 e. The molecule has 2 heterocycles. The van der Waals surface area contributed by atoms with Crippen LogP contribution < -0.4 is 10.9 Å². The first-order valence-electron chi connectivity index (χ1n) is 11.3. The lowest BCUT2D eigenvalue weighted by Crippen LogP contribution is -2.33. The molecule has 4 aromatic rings. The third kappa shape index (κ3) is 4.43. The van der Waals surface area contributed by atoms with Gasteiger partial charge < -0.3 is 19.4 Å². The summed E-state index contributed by atoms with van der Waals surface area (Å²) in [6.07, 6.45) is 1.85. The van der Waals surface area contributed by atoms with Crippen molar-refractivity contribution < 1.29 is 4.79 Å². The molecule has 7 nitrogen and oxygen atoms in total. The molecule has 178 valence electrons. The highest BCUT2D eigenvalue weighted by Gasteiger charge is 2.20. The number of hydrogen-bond donors (Lipinski definition) is 1. The number of rotatable bonds is 8. The lowest BCUT2D eigenvalue weighted by Gasteiger charge is -2.19. The number of halogens is 2. The van der Waals surface area contributed by atoms with Crippen molar-refractivity contribution in [1.82, 2.24) is 24.3 Å². The predicted octanol–water partition coefficient (Wildman–Crippen LogP) is 4.41. The maximum absolute atomic E-state index is 13.7. The van der Waals surface area contributed by atoms with Crippen molar-refractivity contribution in [2.45, 2.75) is 26.9 Å². The second-order valence-corrected chi connectivity index (χ2v) is 8.84. The van der Waals surface area contributed by atoms with Crippen molar-refractivity contribution in [3.63, 3.8) is 0 Å². The van der Waals surface area contributed by atoms with Crippen LogP contribution in [0.15, 0.2) is 47.4 Å². The largest absolute Gasteiger partial charge is 0.342 e. The summed E-state index contributed by atoms with van der Waals surface area (Å²) in [6.45, 7) is 6.44. The van der Waals surface area contributed by atoms with Gasteiger partial charge in [-0.15, -0.1) is 0 Å². The molecule has 0 unspecified atom stereocenters. The van der Waals surface area contributed by atoms with Crippen LogP contribution in [0.3, 0.4) is 0 Å². The van der Waals surface area contributed by atoms with Gasteiger partial charge in [-0.3, -0.25) is 9.59 Å². The fourth-order valence-electron chi connectivity index (χ4n) is 4.25. The number of likely N-dealkylation sites (N-methyl/N-ethyl adjacent to an activating group) is 2. The molecule has 34 heavy (non-hydrogen) atoms. The molecule has 0 aliphatic rings. The second-order valence-electron chi connectivity index (χ2n) is 8.03. The summed E-state index contributed by atoms with van der Waals surface area (Å²) in [4.78, 5) is 33.0. The number of para-hydroxylation sites is 1. The van der Waals surface area contributed by atoms with Crippen LogP contribution in [-0.2, 0) is 17.9 Å². The molecule has 4 rings (SSSR count). The molecular formula is C25H27Cl2N5O2. The first-order valence-corrected chi connectivity index (χ1v) is 12.0. The van der Waals surface area contributed by atoms with Gasteiger partial charge in [0, 0.05) is 48.8 Å². The van der Waals surface area contributed by atoms with E-state index < -0.39 is 0 Å². The fourth-order valence-corrected chi connectivity index (χ4v) is 4.56. The highest BCUT2D eigenvalue weighted by molar-refractivity contribution is 6.42. The fraction of sp³-hybridized carbons (Fsp3) is 0.320. The molecule has 0 spiro atoms. The monoisotopic (exact) mass is 499 g/mol. The van der Waals surface area contributed by atoms with Crippen molar-refractivity contribution in [2.75, 3.05) is 26.7 Å². The van der Waals surface area contributed by atoms with Crippen LogP contribution in [0.2, 0.25) is 10.0 Å². The smallest absolute Gasteiger partial charge is 0.277 e. The molecule has 0 saturated carbocycles. The van der Waals surface area contributed by atoms with Gasteiger partial charge in [0.2, 0.25) is 5.91 Å². The van der Waals surface area contributed by atoms with E-state index >= 15 is 0 Å². The van der Waals surface area contributed by atoms with E-state index in [9.17, 15) is 9.59 Å². The third-order valence-corrected chi connectivity index (χ3v) is 6.76. The zero-order chi connectivity index (χ0) is 24.4. The number of fused-ring (bicyclic) bond motifs is 2. The number of benzene rings is 2. The highest BCUT2D eigenvalue weighted by atomic mass is 35.5. The summed E-state index contributed by atoms with van der Waals surface area (Å²) in [7, 11) is 1.83.